The molecule has 0 spiro atoms. The van der Waals surface area contributed by atoms with Crippen LogP contribution in [0.3, 0.4) is 0 Å². The molecule has 0 bridgehead atoms. The van der Waals surface area contributed by atoms with Gasteiger partial charge in [-0.3, -0.25) is 4.79 Å². The van der Waals surface area contributed by atoms with E-state index in [9.17, 15) is 9.59 Å². The summed E-state index contributed by atoms with van der Waals surface area (Å²) in [4.78, 5) is 23.6. The summed E-state index contributed by atoms with van der Waals surface area (Å²) < 4.78 is 5.33. The molecule has 132 valence electrons. The van der Waals surface area contributed by atoms with Crippen molar-refractivity contribution in [3.8, 4) is 0 Å². The van der Waals surface area contributed by atoms with Gasteiger partial charge in [0.05, 0.1) is 16.1 Å². The number of carbonyl (C=O) groups excluding carboxylic acids is 2. The standard InChI is InChI=1S/C19H19Cl2NO3/c1-25-18(11-13-5-3-2-4-6-13)19(24)22-17(9-10-23)14-7-8-15(20)16(21)12-14/h2-8,10,12,17-18H,9,11H2,1H3,(H,22,24)/t17-,18?/m0/s1. The summed E-state index contributed by atoms with van der Waals surface area (Å²) in [5.74, 6) is -0.288. The summed E-state index contributed by atoms with van der Waals surface area (Å²) in [6.45, 7) is 0. The van der Waals surface area contributed by atoms with Crippen LogP contribution in [0.4, 0.5) is 0 Å². The normalized spacial score (nSPS) is 13.1. The number of halogens is 2. The second-order valence-electron chi connectivity index (χ2n) is 5.55. The molecule has 0 saturated heterocycles. The molecule has 0 heterocycles. The van der Waals surface area contributed by atoms with Gasteiger partial charge in [0.15, 0.2) is 0 Å². The number of nitrogens with one attached hydrogen (secondary N) is 1. The molecule has 0 saturated carbocycles. The van der Waals surface area contributed by atoms with E-state index in [0.29, 0.717) is 22.0 Å². The molecule has 1 amide bonds. The van der Waals surface area contributed by atoms with Gasteiger partial charge < -0.3 is 14.8 Å². The average molecular weight is 380 g/mol. The lowest BCUT2D eigenvalue weighted by Gasteiger charge is -2.21. The zero-order valence-electron chi connectivity index (χ0n) is 13.7. The molecule has 2 aromatic rings. The van der Waals surface area contributed by atoms with Crippen LogP contribution >= 0.6 is 23.2 Å². The highest BCUT2D eigenvalue weighted by Crippen LogP contribution is 2.26. The predicted molar refractivity (Wildman–Crippen MR) is 99.0 cm³/mol. The monoisotopic (exact) mass is 379 g/mol. The van der Waals surface area contributed by atoms with Gasteiger partial charge in [-0.15, -0.1) is 0 Å². The zero-order valence-corrected chi connectivity index (χ0v) is 15.3. The van der Waals surface area contributed by atoms with Gasteiger partial charge in [0, 0.05) is 20.0 Å². The van der Waals surface area contributed by atoms with Crippen molar-refractivity contribution < 1.29 is 14.3 Å². The minimum absolute atomic E-state index is 0.130. The zero-order chi connectivity index (χ0) is 18.2. The van der Waals surface area contributed by atoms with Crippen LogP contribution in [0.15, 0.2) is 48.5 Å². The molecule has 1 unspecified atom stereocenters. The number of benzene rings is 2. The number of hydrogen-bond acceptors (Lipinski definition) is 3. The number of amides is 1. The van der Waals surface area contributed by atoms with Crippen molar-refractivity contribution in [2.75, 3.05) is 7.11 Å². The van der Waals surface area contributed by atoms with Crippen LogP contribution in [0.1, 0.15) is 23.6 Å². The predicted octanol–water partition coefficient (Wildman–Crippen LogP) is 4.00. The molecular weight excluding hydrogens is 361 g/mol. The maximum Gasteiger partial charge on any atom is 0.249 e. The fraction of sp³-hybridized carbons (Fsp3) is 0.263. The third-order valence-electron chi connectivity index (χ3n) is 3.84. The number of aldehydes is 1. The van der Waals surface area contributed by atoms with Gasteiger partial charge in [0.1, 0.15) is 12.4 Å². The Labute approximate surface area is 157 Å². The van der Waals surface area contributed by atoms with Crippen molar-refractivity contribution in [1.29, 1.82) is 0 Å². The lowest BCUT2D eigenvalue weighted by atomic mass is 10.0. The molecule has 0 radical (unpaired) electrons. The summed E-state index contributed by atoms with van der Waals surface area (Å²) in [6, 6.07) is 14.1. The Balaban J connectivity index is 2.12. The molecular formula is C19H19Cl2NO3. The quantitative estimate of drug-likeness (QED) is 0.705. The SMILES string of the molecule is COC(Cc1ccccc1)C(=O)N[C@@H](CC=O)c1ccc(Cl)c(Cl)c1. The Morgan fingerprint density at radius 3 is 2.48 bits per heavy atom. The molecule has 2 atom stereocenters. The molecule has 4 nitrogen and oxygen atoms in total. The smallest absolute Gasteiger partial charge is 0.249 e. The first-order chi connectivity index (χ1) is 12.0. The van der Waals surface area contributed by atoms with E-state index in [2.05, 4.69) is 5.32 Å². The third-order valence-corrected chi connectivity index (χ3v) is 4.57. The van der Waals surface area contributed by atoms with Crippen molar-refractivity contribution >= 4 is 35.4 Å². The summed E-state index contributed by atoms with van der Waals surface area (Å²) in [6.07, 6.45) is 0.676. The number of ether oxygens (including phenoxy) is 1. The summed E-state index contributed by atoms with van der Waals surface area (Å²) >= 11 is 12.0. The lowest BCUT2D eigenvalue weighted by molar-refractivity contribution is -0.131. The van der Waals surface area contributed by atoms with Crippen LogP contribution in [-0.2, 0) is 20.7 Å². The largest absolute Gasteiger partial charge is 0.371 e. The second kappa shape index (κ2) is 9.56. The minimum Gasteiger partial charge on any atom is -0.371 e. The Morgan fingerprint density at radius 1 is 1.16 bits per heavy atom. The van der Waals surface area contributed by atoms with Crippen LogP contribution in [0.25, 0.3) is 0 Å². The van der Waals surface area contributed by atoms with Crippen molar-refractivity contribution in [3.05, 3.63) is 69.7 Å². The highest BCUT2D eigenvalue weighted by Gasteiger charge is 2.22. The van der Waals surface area contributed by atoms with Crippen molar-refractivity contribution in [2.24, 2.45) is 0 Å². The topological polar surface area (TPSA) is 55.4 Å². The minimum atomic E-state index is -0.653. The second-order valence-corrected chi connectivity index (χ2v) is 6.37. The van der Waals surface area contributed by atoms with Crippen molar-refractivity contribution in [2.45, 2.75) is 25.0 Å². The van der Waals surface area contributed by atoms with Gasteiger partial charge >= 0.3 is 0 Å². The molecule has 2 aromatic carbocycles. The molecule has 0 aliphatic carbocycles. The van der Waals surface area contributed by atoms with Crippen molar-refractivity contribution in [1.82, 2.24) is 5.32 Å². The molecule has 25 heavy (non-hydrogen) atoms. The van der Waals surface area contributed by atoms with Gasteiger partial charge in [-0.1, -0.05) is 59.6 Å². The molecule has 1 N–H and O–H groups in total. The molecule has 0 fully saturated rings. The van der Waals surface area contributed by atoms with Crippen LogP contribution < -0.4 is 5.32 Å². The maximum atomic E-state index is 12.6. The summed E-state index contributed by atoms with van der Waals surface area (Å²) in [5, 5.41) is 3.64. The van der Waals surface area contributed by atoms with Crippen molar-refractivity contribution in [3.63, 3.8) is 0 Å². The van der Waals surface area contributed by atoms with Gasteiger partial charge in [-0.25, -0.2) is 0 Å². The third kappa shape index (κ3) is 5.56. The molecule has 6 heteroatoms. The molecule has 0 aliphatic rings. The van der Waals surface area contributed by atoms with Crippen LogP contribution in [0.2, 0.25) is 10.0 Å². The average Bonchev–Trinajstić information content (AvgIpc) is 2.62. The Bertz CT molecular complexity index is 722. The van der Waals surface area contributed by atoms with Gasteiger partial charge in [-0.2, -0.15) is 0 Å². The van der Waals surface area contributed by atoms with Crippen LogP contribution in [-0.4, -0.2) is 25.4 Å². The molecule has 0 aliphatic heterocycles. The van der Waals surface area contributed by atoms with Crippen LogP contribution in [0.5, 0.6) is 0 Å². The fourth-order valence-corrected chi connectivity index (χ4v) is 2.79. The van der Waals surface area contributed by atoms with Gasteiger partial charge in [0.25, 0.3) is 0 Å². The fourth-order valence-electron chi connectivity index (χ4n) is 2.48. The Hall–Kier alpha value is -1.88. The molecule has 0 aromatic heterocycles. The van der Waals surface area contributed by atoms with Gasteiger partial charge in [-0.05, 0) is 23.3 Å². The maximum absolute atomic E-state index is 12.6. The Morgan fingerprint density at radius 2 is 1.88 bits per heavy atom. The highest BCUT2D eigenvalue weighted by atomic mass is 35.5. The first kappa shape index (κ1) is 19.4. The van der Waals surface area contributed by atoms with E-state index >= 15 is 0 Å². The van der Waals surface area contributed by atoms with E-state index in [1.54, 1.807) is 18.2 Å². The van der Waals surface area contributed by atoms with E-state index in [1.165, 1.54) is 7.11 Å². The highest BCUT2D eigenvalue weighted by molar-refractivity contribution is 6.42. The number of rotatable bonds is 8. The van der Waals surface area contributed by atoms with E-state index in [-0.39, 0.29) is 12.3 Å². The summed E-state index contributed by atoms with van der Waals surface area (Å²) in [7, 11) is 1.49. The lowest BCUT2D eigenvalue weighted by Crippen LogP contribution is -2.39. The van der Waals surface area contributed by atoms with E-state index in [4.69, 9.17) is 27.9 Å². The van der Waals surface area contributed by atoms with E-state index in [1.807, 2.05) is 30.3 Å². The van der Waals surface area contributed by atoms with Gasteiger partial charge in [0.2, 0.25) is 5.91 Å². The molecule has 2 rings (SSSR count). The van der Waals surface area contributed by atoms with E-state index in [0.717, 1.165) is 11.8 Å². The number of methoxy groups -OCH3 is 1. The first-order valence-electron chi connectivity index (χ1n) is 7.80. The summed E-state index contributed by atoms with van der Waals surface area (Å²) in [5.41, 5.74) is 1.70. The first-order valence-corrected chi connectivity index (χ1v) is 8.56. The number of hydrogen-bond donors (Lipinski definition) is 1. The van der Waals surface area contributed by atoms with E-state index < -0.39 is 12.1 Å². The van der Waals surface area contributed by atoms with Crippen LogP contribution in [0, 0.1) is 0 Å². The number of carbonyl (C=O) groups is 2. The Kier molecular flexibility index (Phi) is 7.44.